The van der Waals surface area contributed by atoms with Gasteiger partial charge in [-0.2, -0.15) is 0 Å². The molecule has 2 N–H and O–H groups in total. The molecule has 0 radical (unpaired) electrons. The van der Waals surface area contributed by atoms with Gasteiger partial charge in [-0.25, -0.2) is 4.79 Å². The molecule has 4 aromatic carbocycles. The zero-order chi connectivity index (χ0) is 34.0. The standard InChI is InChI=1S/C41H45N5O4/c47-35-14-15-36-38(26-35)50-28-37(30-4-2-1-3-5-30)40(36)31-6-8-32(9-7-31)44-19-16-29(17-20-44)27-43-22-24-45(25-23-43)33-10-12-34(13-11-33)46-21-18-39(48)42-41(46)49/h1-15,26,29,37,40,47H,16-25,27-28H2,(H,42,48,49)/t37-,40-/m1/s1. The fourth-order valence-corrected chi connectivity index (χ4v) is 8.27. The molecule has 9 heteroatoms. The zero-order valence-corrected chi connectivity index (χ0v) is 28.4. The average Bonchev–Trinajstić information content (AvgIpc) is 3.15. The Labute approximate surface area is 294 Å². The third-order valence-electron chi connectivity index (χ3n) is 11.1. The molecule has 0 aromatic heterocycles. The van der Waals surface area contributed by atoms with Gasteiger partial charge in [-0.3, -0.25) is 19.9 Å². The van der Waals surface area contributed by atoms with E-state index in [0.29, 0.717) is 25.5 Å². The molecule has 0 aliphatic carbocycles. The molecule has 0 spiro atoms. The van der Waals surface area contributed by atoms with E-state index in [-0.39, 0.29) is 29.5 Å². The fourth-order valence-electron chi connectivity index (χ4n) is 8.27. The number of piperidine rings is 1. The largest absolute Gasteiger partial charge is 0.508 e. The predicted octanol–water partition coefficient (Wildman–Crippen LogP) is 6.19. The summed E-state index contributed by atoms with van der Waals surface area (Å²) in [4.78, 5) is 32.9. The number of fused-ring (bicyclic) bond motifs is 1. The molecule has 8 rings (SSSR count). The van der Waals surface area contributed by atoms with Gasteiger partial charge >= 0.3 is 6.03 Å². The van der Waals surface area contributed by atoms with Gasteiger partial charge in [0, 0.05) is 99.3 Å². The zero-order valence-electron chi connectivity index (χ0n) is 28.4. The van der Waals surface area contributed by atoms with Crippen molar-refractivity contribution in [2.24, 2.45) is 5.92 Å². The van der Waals surface area contributed by atoms with E-state index in [0.717, 1.165) is 62.8 Å². The lowest BCUT2D eigenvalue weighted by Gasteiger charge is -2.40. The number of rotatable bonds is 7. The summed E-state index contributed by atoms with van der Waals surface area (Å²) in [7, 11) is 0. The molecular weight excluding hydrogens is 626 g/mol. The Morgan fingerprint density at radius 2 is 1.36 bits per heavy atom. The monoisotopic (exact) mass is 671 g/mol. The van der Waals surface area contributed by atoms with Crippen LogP contribution in [0.5, 0.6) is 11.5 Å². The minimum absolute atomic E-state index is 0.150. The minimum atomic E-state index is -0.344. The van der Waals surface area contributed by atoms with Crippen LogP contribution in [-0.2, 0) is 4.79 Å². The summed E-state index contributed by atoms with van der Waals surface area (Å²) < 4.78 is 6.17. The normalized spacial score (nSPS) is 21.8. The first-order chi connectivity index (χ1) is 24.5. The second-order valence-electron chi connectivity index (χ2n) is 14.1. The molecule has 9 nitrogen and oxygen atoms in total. The van der Waals surface area contributed by atoms with Crippen molar-refractivity contribution in [1.82, 2.24) is 10.2 Å². The summed E-state index contributed by atoms with van der Waals surface area (Å²) in [5.41, 5.74) is 6.95. The maximum atomic E-state index is 12.2. The van der Waals surface area contributed by atoms with Crippen LogP contribution in [0, 0.1) is 5.92 Å². The number of aromatic hydroxyl groups is 1. The number of carbonyl (C=O) groups is 2. The highest BCUT2D eigenvalue weighted by Gasteiger charge is 2.34. The molecule has 258 valence electrons. The number of amides is 3. The van der Waals surface area contributed by atoms with E-state index in [1.165, 1.54) is 35.3 Å². The van der Waals surface area contributed by atoms with E-state index < -0.39 is 0 Å². The van der Waals surface area contributed by atoms with Crippen LogP contribution in [0.25, 0.3) is 0 Å². The summed E-state index contributed by atoms with van der Waals surface area (Å²) in [6.45, 7) is 8.40. The Balaban J connectivity index is 0.842. The van der Waals surface area contributed by atoms with Crippen LogP contribution in [0.15, 0.2) is 97.1 Å². The van der Waals surface area contributed by atoms with Crippen LogP contribution in [0.2, 0.25) is 0 Å². The number of anilines is 3. The first-order valence-electron chi connectivity index (χ1n) is 18.0. The van der Waals surface area contributed by atoms with Gasteiger partial charge in [0.25, 0.3) is 0 Å². The molecule has 4 aliphatic heterocycles. The molecule has 3 saturated heterocycles. The minimum Gasteiger partial charge on any atom is -0.508 e. The van der Waals surface area contributed by atoms with E-state index in [4.69, 9.17) is 4.74 Å². The Kier molecular flexibility index (Phi) is 9.06. The van der Waals surface area contributed by atoms with E-state index in [1.54, 1.807) is 17.0 Å². The topological polar surface area (TPSA) is 88.6 Å². The van der Waals surface area contributed by atoms with Gasteiger partial charge < -0.3 is 19.6 Å². The van der Waals surface area contributed by atoms with Gasteiger partial charge in [-0.05, 0) is 72.4 Å². The molecule has 0 bridgehead atoms. The van der Waals surface area contributed by atoms with E-state index >= 15 is 0 Å². The van der Waals surface area contributed by atoms with Crippen LogP contribution >= 0.6 is 0 Å². The third kappa shape index (κ3) is 6.74. The summed E-state index contributed by atoms with van der Waals surface area (Å²) in [6, 6.07) is 33.1. The van der Waals surface area contributed by atoms with Crippen LogP contribution in [0.4, 0.5) is 21.9 Å². The van der Waals surface area contributed by atoms with Crippen molar-refractivity contribution in [3.05, 3.63) is 114 Å². The van der Waals surface area contributed by atoms with Gasteiger partial charge in [0.05, 0.1) is 6.61 Å². The van der Waals surface area contributed by atoms with Crippen molar-refractivity contribution in [3.63, 3.8) is 0 Å². The second-order valence-corrected chi connectivity index (χ2v) is 14.1. The number of phenols is 1. The average molecular weight is 672 g/mol. The molecule has 3 amide bonds. The Morgan fingerprint density at radius 1 is 0.700 bits per heavy atom. The lowest BCUT2D eigenvalue weighted by atomic mass is 9.76. The van der Waals surface area contributed by atoms with Crippen molar-refractivity contribution < 1.29 is 19.4 Å². The fraction of sp³-hybridized carbons (Fsp3) is 0.366. The van der Waals surface area contributed by atoms with Crippen LogP contribution < -0.4 is 24.8 Å². The molecule has 4 aliphatic rings. The Morgan fingerprint density at radius 3 is 2.06 bits per heavy atom. The number of imide groups is 1. The highest BCUT2D eigenvalue weighted by atomic mass is 16.5. The molecule has 4 heterocycles. The number of urea groups is 1. The van der Waals surface area contributed by atoms with Crippen molar-refractivity contribution in [2.75, 3.05) is 73.7 Å². The maximum Gasteiger partial charge on any atom is 0.328 e. The summed E-state index contributed by atoms with van der Waals surface area (Å²) in [5, 5.41) is 12.5. The summed E-state index contributed by atoms with van der Waals surface area (Å²) in [6.07, 6.45) is 2.73. The van der Waals surface area contributed by atoms with Gasteiger partial charge in [-0.15, -0.1) is 0 Å². The number of benzene rings is 4. The van der Waals surface area contributed by atoms with Crippen LogP contribution in [0.1, 0.15) is 47.8 Å². The number of hydrogen-bond acceptors (Lipinski definition) is 7. The van der Waals surface area contributed by atoms with Crippen molar-refractivity contribution in [1.29, 1.82) is 0 Å². The van der Waals surface area contributed by atoms with Gasteiger partial charge in [0.15, 0.2) is 0 Å². The number of carbonyl (C=O) groups excluding carboxylic acids is 2. The smallest absolute Gasteiger partial charge is 0.328 e. The van der Waals surface area contributed by atoms with Gasteiger partial charge in [0.2, 0.25) is 5.91 Å². The number of phenolic OH excluding ortho intramolecular Hbond substituents is 1. The second kappa shape index (κ2) is 14.1. The van der Waals surface area contributed by atoms with Crippen molar-refractivity contribution in [3.8, 4) is 11.5 Å². The molecule has 0 unspecified atom stereocenters. The van der Waals surface area contributed by atoms with E-state index in [2.05, 4.69) is 86.7 Å². The first kappa shape index (κ1) is 32.2. The SMILES string of the molecule is O=C1CCN(c2ccc(N3CCN(CC4CCN(c5ccc([C@@H]6c7ccc(O)cc7OC[C@@H]6c6ccccc6)cc5)CC4)CC3)cc2)C(=O)N1. The quantitative estimate of drug-likeness (QED) is 0.243. The number of ether oxygens (including phenoxy) is 1. The third-order valence-corrected chi connectivity index (χ3v) is 11.1. The van der Waals surface area contributed by atoms with Crippen LogP contribution in [0.3, 0.4) is 0 Å². The number of piperazine rings is 1. The number of nitrogens with one attached hydrogen (secondary N) is 1. The number of hydrogen-bond donors (Lipinski definition) is 2. The lowest BCUT2D eigenvalue weighted by Crippen LogP contribution is -2.49. The maximum absolute atomic E-state index is 12.2. The van der Waals surface area contributed by atoms with Gasteiger partial charge in [-0.1, -0.05) is 48.5 Å². The van der Waals surface area contributed by atoms with E-state index in [1.807, 2.05) is 18.2 Å². The molecule has 2 atom stereocenters. The number of nitrogens with zero attached hydrogens (tertiary/aromatic N) is 4. The first-order valence-corrected chi connectivity index (χ1v) is 18.0. The van der Waals surface area contributed by atoms with Crippen molar-refractivity contribution in [2.45, 2.75) is 31.1 Å². The van der Waals surface area contributed by atoms with Crippen LogP contribution in [-0.4, -0.2) is 80.9 Å². The molecular formula is C41H45N5O4. The Hall–Kier alpha value is -5.02. The highest BCUT2D eigenvalue weighted by Crippen LogP contribution is 2.47. The molecule has 3 fully saturated rings. The molecule has 4 aromatic rings. The van der Waals surface area contributed by atoms with E-state index in [9.17, 15) is 14.7 Å². The summed E-state index contributed by atoms with van der Waals surface area (Å²) in [5.74, 6) is 1.85. The van der Waals surface area contributed by atoms with Gasteiger partial charge in [0.1, 0.15) is 11.5 Å². The van der Waals surface area contributed by atoms with Crippen molar-refractivity contribution >= 4 is 29.0 Å². The highest BCUT2D eigenvalue weighted by molar-refractivity contribution is 6.05. The molecule has 50 heavy (non-hydrogen) atoms. The Bertz CT molecular complexity index is 1800. The summed E-state index contributed by atoms with van der Waals surface area (Å²) >= 11 is 0. The lowest BCUT2D eigenvalue weighted by molar-refractivity contribution is -0.120. The predicted molar refractivity (Wildman–Crippen MR) is 197 cm³/mol. The molecule has 0 saturated carbocycles.